The van der Waals surface area contributed by atoms with Crippen LogP contribution in [0.15, 0.2) is 6.07 Å². The van der Waals surface area contributed by atoms with E-state index >= 15 is 0 Å². The van der Waals surface area contributed by atoms with E-state index < -0.39 is 0 Å². The van der Waals surface area contributed by atoms with Crippen LogP contribution in [-0.4, -0.2) is 48.4 Å². The molecule has 1 amide bonds. The Labute approximate surface area is 107 Å². The third kappa shape index (κ3) is 2.52. The molecule has 6 heteroatoms. The molecule has 1 aliphatic rings. The van der Waals surface area contributed by atoms with Crippen LogP contribution in [0.4, 0.5) is 10.6 Å². The van der Waals surface area contributed by atoms with Crippen molar-refractivity contribution < 1.29 is 9.53 Å². The number of carbonyl (C=O) groups excluding carboxylic acids is 1. The Bertz CT molecular complexity index is 448. The second-order valence-electron chi connectivity index (χ2n) is 4.44. The van der Waals surface area contributed by atoms with Crippen LogP contribution in [0, 0.1) is 0 Å². The summed E-state index contributed by atoms with van der Waals surface area (Å²) >= 11 is 0. The lowest BCUT2D eigenvalue weighted by Crippen LogP contribution is -2.37. The lowest BCUT2D eigenvalue weighted by molar-refractivity contribution is 0.102. The molecule has 0 aromatic carbocycles. The molecule has 98 valence electrons. The van der Waals surface area contributed by atoms with Crippen LogP contribution in [0.1, 0.15) is 18.2 Å². The number of rotatable bonds is 2. The molecule has 0 fully saturated rings. The zero-order valence-corrected chi connectivity index (χ0v) is 11.0. The molecule has 0 saturated heterocycles. The summed E-state index contributed by atoms with van der Waals surface area (Å²) in [5.74, 6) is 0.805. The van der Waals surface area contributed by atoms with Crippen LogP contribution in [0.5, 0.6) is 0 Å². The molecule has 1 aromatic rings. The summed E-state index contributed by atoms with van der Waals surface area (Å²) < 4.78 is 5.01. The quantitative estimate of drug-likeness (QED) is 0.785. The SMILES string of the molecule is CCOC(=O)N1CCc2nnc(N(C)C)cc2C1. The highest BCUT2D eigenvalue weighted by atomic mass is 16.6. The molecule has 0 spiro atoms. The van der Waals surface area contributed by atoms with Crippen LogP contribution in [0.25, 0.3) is 0 Å². The van der Waals surface area contributed by atoms with Crippen LogP contribution in [-0.2, 0) is 17.7 Å². The van der Waals surface area contributed by atoms with Gasteiger partial charge >= 0.3 is 6.09 Å². The fourth-order valence-corrected chi connectivity index (χ4v) is 1.91. The van der Waals surface area contributed by atoms with Gasteiger partial charge in [0.05, 0.1) is 18.8 Å². The Hall–Kier alpha value is -1.85. The highest BCUT2D eigenvalue weighted by Gasteiger charge is 2.23. The third-order valence-corrected chi connectivity index (χ3v) is 2.91. The van der Waals surface area contributed by atoms with E-state index in [1.165, 1.54) is 0 Å². The smallest absolute Gasteiger partial charge is 0.410 e. The van der Waals surface area contributed by atoms with Gasteiger partial charge in [0.15, 0.2) is 5.82 Å². The van der Waals surface area contributed by atoms with Crippen molar-refractivity contribution >= 4 is 11.9 Å². The molecule has 0 atom stereocenters. The average Bonchev–Trinajstić information content (AvgIpc) is 2.37. The number of anilines is 1. The first-order valence-electron chi connectivity index (χ1n) is 6.06. The topological polar surface area (TPSA) is 58.6 Å². The highest BCUT2D eigenvalue weighted by Crippen LogP contribution is 2.20. The zero-order valence-electron chi connectivity index (χ0n) is 11.0. The largest absolute Gasteiger partial charge is 0.450 e. The molecule has 0 saturated carbocycles. The van der Waals surface area contributed by atoms with Crippen molar-refractivity contribution in [1.29, 1.82) is 0 Å². The standard InChI is InChI=1S/C12H18N4O2/c1-4-18-12(17)16-6-5-10-9(8-16)7-11(14-13-10)15(2)3/h7H,4-6,8H2,1-3H3. The van der Waals surface area contributed by atoms with Crippen molar-refractivity contribution in [3.05, 3.63) is 17.3 Å². The minimum Gasteiger partial charge on any atom is -0.450 e. The fraction of sp³-hybridized carbons (Fsp3) is 0.583. The predicted octanol–water partition coefficient (Wildman–Crippen LogP) is 1.06. The van der Waals surface area contributed by atoms with Crippen molar-refractivity contribution in [2.45, 2.75) is 19.9 Å². The van der Waals surface area contributed by atoms with Gasteiger partial charge in [0.25, 0.3) is 0 Å². The molecule has 0 unspecified atom stereocenters. The van der Waals surface area contributed by atoms with Crippen LogP contribution in [0.2, 0.25) is 0 Å². The van der Waals surface area contributed by atoms with Crippen LogP contribution < -0.4 is 4.90 Å². The maximum absolute atomic E-state index is 11.7. The minimum atomic E-state index is -0.258. The van der Waals surface area contributed by atoms with Crippen LogP contribution in [0.3, 0.4) is 0 Å². The van der Waals surface area contributed by atoms with E-state index in [1.54, 1.807) is 4.90 Å². The van der Waals surface area contributed by atoms with Gasteiger partial charge in [-0.15, -0.1) is 5.10 Å². The van der Waals surface area contributed by atoms with Gasteiger partial charge in [0.2, 0.25) is 0 Å². The number of fused-ring (bicyclic) bond motifs is 1. The van der Waals surface area contributed by atoms with Gasteiger partial charge in [-0.25, -0.2) is 4.79 Å². The molecule has 0 bridgehead atoms. The number of amides is 1. The number of aromatic nitrogens is 2. The first kappa shape index (κ1) is 12.6. The Morgan fingerprint density at radius 2 is 2.28 bits per heavy atom. The lowest BCUT2D eigenvalue weighted by Gasteiger charge is -2.27. The molecule has 0 aliphatic carbocycles. The monoisotopic (exact) mass is 250 g/mol. The van der Waals surface area contributed by atoms with Crippen molar-refractivity contribution in [3.8, 4) is 0 Å². The number of hydrogen-bond acceptors (Lipinski definition) is 5. The summed E-state index contributed by atoms with van der Waals surface area (Å²) in [5.41, 5.74) is 2.02. The molecule has 2 rings (SSSR count). The predicted molar refractivity (Wildman–Crippen MR) is 67.5 cm³/mol. The summed E-state index contributed by atoms with van der Waals surface area (Å²) in [6, 6.07) is 1.98. The Morgan fingerprint density at radius 3 is 2.94 bits per heavy atom. The van der Waals surface area contributed by atoms with Crippen molar-refractivity contribution in [3.63, 3.8) is 0 Å². The lowest BCUT2D eigenvalue weighted by atomic mass is 10.1. The van der Waals surface area contributed by atoms with Crippen molar-refractivity contribution in [1.82, 2.24) is 15.1 Å². The second kappa shape index (κ2) is 5.20. The summed E-state index contributed by atoms with van der Waals surface area (Å²) in [6.45, 7) is 3.40. The number of carbonyl (C=O) groups is 1. The molecule has 0 radical (unpaired) electrons. The van der Waals surface area contributed by atoms with E-state index in [-0.39, 0.29) is 6.09 Å². The maximum Gasteiger partial charge on any atom is 0.410 e. The van der Waals surface area contributed by atoms with Gasteiger partial charge in [-0.05, 0) is 18.6 Å². The van der Waals surface area contributed by atoms with E-state index in [2.05, 4.69) is 10.2 Å². The molecule has 2 heterocycles. The number of nitrogens with zero attached hydrogens (tertiary/aromatic N) is 4. The van der Waals surface area contributed by atoms with Gasteiger partial charge in [0.1, 0.15) is 0 Å². The first-order valence-corrected chi connectivity index (χ1v) is 6.06. The highest BCUT2D eigenvalue weighted by molar-refractivity contribution is 5.68. The van der Waals surface area contributed by atoms with Crippen molar-refractivity contribution in [2.24, 2.45) is 0 Å². The Balaban J connectivity index is 2.16. The summed E-state index contributed by atoms with van der Waals surface area (Å²) in [7, 11) is 3.84. The zero-order chi connectivity index (χ0) is 13.1. The summed E-state index contributed by atoms with van der Waals surface area (Å²) in [5, 5.41) is 8.35. The van der Waals surface area contributed by atoms with Gasteiger partial charge in [-0.3, -0.25) is 0 Å². The van der Waals surface area contributed by atoms with E-state index in [1.807, 2.05) is 32.0 Å². The van der Waals surface area contributed by atoms with Gasteiger partial charge in [0, 0.05) is 27.1 Å². The van der Waals surface area contributed by atoms with Crippen molar-refractivity contribution in [2.75, 3.05) is 32.1 Å². The third-order valence-electron chi connectivity index (χ3n) is 2.91. The van der Waals surface area contributed by atoms with E-state index in [4.69, 9.17) is 4.74 Å². The minimum absolute atomic E-state index is 0.258. The normalized spacial score (nSPS) is 14.1. The van der Waals surface area contributed by atoms with E-state index in [9.17, 15) is 4.79 Å². The Kier molecular flexibility index (Phi) is 3.64. The number of hydrogen-bond donors (Lipinski definition) is 0. The van der Waals surface area contributed by atoms with Crippen LogP contribution >= 0.6 is 0 Å². The summed E-state index contributed by atoms with van der Waals surface area (Å²) in [4.78, 5) is 15.3. The molecule has 6 nitrogen and oxygen atoms in total. The number of ether oxygens (including phenoxy) is 1. The van der Waals surface area contributed by atoms with Gasteiger partial charge < -0.3 is 14.5 Å². The van der Waals surface area contributed by atoms with Gasteiger partial charge in [-0.1, -0.05) is 0 Å². The second-order valence-corrected chi connectivity index (χ2v) is 4.44. The molecular formula is C12H18N4O2. The molecule has 1 aromatic heterocycles. The summed E-state index contributed by atoms with van der Waals surface area (Å²) in [6.07, 6.45) is 0.473. The van der Waals surface area contributed by atoms with Gasteiger partial charge in [-0.2, -0.15) is 5.10 Å². The van der Waals surface area contributed by atoms with E-state index in [0.717, 1.165) is 23.5 Å². The fourth-order valence-electron chi connectivity index (χ4n) is 1.91. The maximum atomic E-state index is 11.7. The molecule has 1 aliphatic heterocycles. The molecular weight excluding hydrogens is 232 g/mol. The Morgan fingerprint density at radius 1 is 1.50 bits per heavy atom. The average molecular weight is 250 g/mol. The first-order chi connectivity index (χ1) is 8.61. The van der Waals surface area contributed by atoms with E-state index in [0.29, 0.717) is 19.7 Å². The molecule has 18 heavy (non-hydrogen) atoms. The molecule has 0 N–H and O–H groups in total.